The number of hydrogen-bond acceptors (Lipinski definition) is 6. The van der Waals surface area contributed by atoms with Gasteiger partial charge < -0.3 is 14.6 Å². The molecule has 1 saturated heterocycles. The Kier molecular flexibility index (Phi) is 7.90. The van der Waals surface area contributed by atoms with Crippen LogP contribution in [0.25, 0.3) is 10.9 Å². The lowest BCUT2D eigenvalue weighted by molar-refractivity contribution is 0.0627. The van der Waals surface area contributed by atoms with Gasteiger partial charge in [-0.25, -0.2) is 8.42 Å². The third-order valence-corrected chi connectivity index (χ3v) is 8.94. The number of benzene rings is 3. The Balaban J connectivity index is 1.35. The van der Waals surface area contributed by atoms with Gasteiger partial charge in [0.2, 0.25) is 5.43 Å². The Bertz CT molecular complexity index is 1660. The average Bonchev–Trinajstić information content (AvgIpc) is 2.98. The number of fused-ring (bicyclic) bond motifs is 1. The van der Waals surface area contributed by atoms with Gasteiger partial charge in [0.25, 0.3) is 15.9 Å². The van der Waals surface area contributed by atoms with Crippen molar-refractivity contribution in [2.75, 3.05) is 44.1 Å². The molecular weight excluding hydrogens is 528 g/mol. The van der Waals surface area contributed by atoms with Crippen molar-refractivity contribution in [3.8, 4) is 5.75 Å². The molecule has 1 aromatic heterocycles. The molecule has 3 aromatic carbocycles. The second kappa shape index (κ2) is 11.5. The van der Waals surface area contributed by atoms with Crippen molar-refractivity contribution in [1.29, 1.82) is 0 Å². The molecule has 0 radical (unpaired) electrons. The zero-order chi connectivity index (χ0) is 28.3. The van der Waals surface area contributed by atoms with Crippen molar-refractivity contribution >= 4 is 32.5 Å². The highest BCUT2D eigenvalue weighted by molar-refractivity contribution is 7.92. The van der Waals surface area contributed by atoms with Crippen molar-refractivity contribution in [3.05, 3.63) is 100 Å². The fourth-order valence-electron chi connectivity index (χ4n) is 4.85. The Morgan fingerprint density at radius 1 is 0.975 bits per heavy atom. The van der Waals surface area contributed by atoms with Crippen LogP contribution in [-0.4, -0.2) is 68.9 Å². The van der Waals surface area contributed by atoms with Crippen molar-refractivity contribution < 1.29 is 17.9 Å². The van der Waals surface area contributed by atoms with Gasteiger partial charge in [-0.2, -0.15) is 0 Å². The third kappa shape index (κ3) is 5.59. The first kappa shape index (κ1) is 27.4. The summed E-state index contributed by atoms with van der Waals surface area (Å²) in [5.41, 5.74) is 1.63. The number of carbonyl (C=O) groups excluding carboxylic acids is 1. The Labute approximate surface area is 233 Å². The first-order valence-corrected chi connectivity index (χ1v) is 14.6. The van der Waals surface area contributed by atoms with E-state index in [2.05, 4.69) is 22.0 Å². The summed E-state index contributed by atoms with van der Waals surface area (Å²) >= 11 is 0. The molecule has 0 bridgehead atoms. The van der Waals surface area contributed by atoms with Gasteiger partial charge in [-0.15, -0.1) is 0 Å². The highest BCUT2D eigenvalue weighted by Gasteiger charge is 2.26. The number of H-pyrrole nitrogens is 1. The van der Waals surface area contributed by atoms with Gasteiger partial charge in [-0.1, -0.05) is 30.3 Å². The van der Waals surface area contributed by atoms with Gasteiger partial charge in [-0.3, -0.25) is 18.8 Å². The molecule has 1 aliphatic heterocycles. The zero-order valence-electron chi connectivity index (χ0n) is 22.5. The van der Waals surface area contributed by atoms with E-state index >= 15 is 0 Å². The molecule has 1 fully saturated rings. The van der Waals surface area contributed by atoms with Crippen LogP contribution in [0, 0.1) is 0 Å². The van der Waals surface area contributed by atoms with Gasteiger partial charge in [0, 0.05) is 56.9 Å². The highest BCUT2D eigenvalue weighted by Crippen LogP contribution is 2.26. The molecule has 2 heterocycles. The molecule has 208 valence electrons. The predicted octanol–water partition coefficient (Wildman–Crippen LogP) is 3.71. The molecule has 1 N–H and O–H groups in total. The van der Waals surface area contributed by atoms with E-state index in [9.17, 15) is 18.0 Å². The number of sulfonamides is 1. The van der Waals surface area contributed by atoms with E-state index in [4.69, 9.17) is 4.74 Å². The van der Waals surface area contributed by atoms with E-state index in [0.29, 0.717) is 49.7 Å². The molecule has 1 amide bonds. The number of pyridine rings is 1. The maximum Gasteiger partial charge on any atom is 0.264 e. The summed E-state index contributed by atoms with van der Waals surface area (Å²) in [5, 5.41) is 0.148. The zero-order valence-corrected chi connectivity index (χ0v) is 23.4. The lowest BCUT2D eigenvalue weighted by atomic mass is 10.1. The Morgan fingerprint density at radius 3 is 2.35 bits per heavy atom. The molecule has 1 aliphatic rings. The molecule has 0 atom stereocenters. The lowest BCUT2D eigenvalue weighted by Gasteiger charge is -2.34. The van der Waals surface area contributed by atoms with Crippen LogP contribution in [0.2, 0.25) is 0 Å². The quantitative estimate of drug-likeness (QED) is 0.353. The Morgan fingerprint density at radius 2 is 1.68 bits per heavy atom. The minimum atomic E-state index is -3.97. The maximum absolute atomic E-state index is 13.4. The van der Waals surface area contributed by atoms with E-state index in [1.807, 2.05) is 25.1 Å². The molecule has 9 nitrogen and oxygen atoms in total. The standard InChI is InChI=1S/C30H32N4O5S/c1-3-39-24-11-9-23(10-12-24)32(2)40(37,38)25-13-14-28-26(19-25)29(35)27(20-31-28)30(36)34-17-15-33(16-18-34)21-22-7-5-4-6-8-22/h4-14,19-20H,3,15-18,21H2,1-2H3,(H,31,35). The first-order valence-electron chi connectivity index (χ1n) is 13.2. The van der Waals surface area contributed by atoms with E-state index in [1.54, 1.807) is 35.2 Å². The van der Waals surface area contributed by atoms with Crippen molar-refractivity contribution in [3.63, 3.8) is 0 Å². The minimum absolute atomic E-state index is 0.00146. The number of rotatable bonds is 8. The first-order chi connectivity index (χ1) is 19.3. The van der Waals surface area contributed by atoms with Crippen LogP contribution in [0.15, 0.2) is 88.7 Å². The number of ether oxygens (including phenoxy) is 1. The summed E-state index contributed by atoms with van der Waals surface area (Å²) in [7, 11) is -2.52. The Hall–Kier alpha value is -4.15. The van der Waals surface area contributed by atoms with Crippen LogP contribution in [-0.2, 0) is 16.6 Å². The summed E-state index contributed by atoms with van der Waals surface area (Å²) in [5.74, 6) is 0.284. The number of hydrogen-bond donors (Lipinski definition) is 1. The second-order valence-corrected chi connectivity index (χ2v) is 11.7. The summed E-state index contributed by atoms with van der Waals surface area (Å²) < 4.78 is 33.4. The second-order valence-electron chi connectivity index (χ2n) is 9.69. The number of piperazine rings is 1. The van der Waals surface area contributed by atoms with Crippen LogP contribution in [0.1, 0.15) is 22.8 Å². The third-order valence-electron chi connectivity index (χ3n) is 7.16. The maximum atomic E-state index is 13.4. The van der Waals surface area contributed by atoms with E-state index < -0.39 is 15.5 Å². The molecule has 0 unspecified atom stereocenters. The fourth-order valence-corrected chi connectivity index (χ4v) is 6.08. The molecule has 5 rings (SSSR count). The van der Waals surface area contributed by atoms with Gasteiger partial charge >= 0.3 is 0 Å². The van der Waals surface area contributed by atoms with Crippen LogP contribution in [0.4, 0.5) is 5.69 Å². The van der Waals surface area contributed by atoms with E-state index in [-0.39, 0.29) is 21.8 Å². The number of aromatic amines is 1. The van der Waals surface area contributed by atoms with Gasteiger partial charge in [0.15, 0.2) is 0 Å². The smallest absolute Gasteiger partial charge is 0.264 e. The highest BCUT2D eigenvalue weighted by atomic mass is 32.2. The minimum Gasteiger partial charge on any atom is -0.494 e. The number of carbonyl (C=O) groups is 1. The average molecular weight is 561 g/mol. The van der Waals surface area contributed by atoms with Crippen molar-refractivity contribution in [1.82, 2.24) is 14.8 Å². The number of aromatic nitrogens is 1. The number of anilines is 1. The van der Waals surface area contributed by atoms with E-state index in [1.165, 1.54) is 30.9 Å². The summed E-state index contributed by atoms with van der Waals surface area (Å²) in [4.78, 5) is 33.7. The molecule has 10 heteroatoms. The lowest BCUT2D eigenvalue weighted by Crippen LogP contribution is -2.49. The van der Waals surface area contributed by atoms with Crippen LogP contribution in [0.3, 0.4) is 0 Å². The van der Waals surface area contributed by atoms with Crippen molar-refractivity contribution in [2.24, 2.45) is 0 Å². The van der Waals surface area contributed by atoms with Gasteiger partial charge in [0.05, 0.1) is 17.2 Å². The molecule has 40 heavy (non-hydrogen) atoms. The number of amides is 1. The largest absolute Gasteiger partial charge is 0.494 e. The molecule has 0 spiro atoms. The SMILES string of the molecule is CCOc1ccc(N(C)S(=O)(=O)c2ccc3[nH]cc(C(=O)N4CCN(Cc5ccccc5)CC4)c(=O)c3c2)cc1. The monoisotopic (exact) mass is 560 g/mol. The normalized spacial score (nSPS) is 14.3. The summed E-state index contributed by atoms with van der Waals surface area (Å²) in [6, 6.07) is 21.2. The number of nitrogens with zero attached hydrogens (tertiary/aromatic N) is 3. The van der Waals surface area contributed by atoms with E-state index in [0.717, 1.165) is 10.8 Å². The van der Waals surface area contributed by atoms with Crippen LogP contribution in [0.5, 0.6) is 5.75 Å². The van der Waals surface area contributed by atoms with Gasteiger partial charge in [0.1, 0.15) is 11.3 Å². The van der Waals surface area contributed by atoms with Crippen LogP contribution < -0.4 is 14.5 Å². The summed E-state index contributed by atoms with van der Waals surface area (Å²) in [6.45, 7) is 5.60. The van der Waals surface area contributed by atoms with Crippen molar-refractivity contribution in [2.45, 2.75) is 18.4 Å². The van der Waals surface area contributed by atoms with Gasteiger partial charge in [-0.05, 0) is 55.0 Å². The summed E-state index contributed by atoms with van der Waals surface area (Å²) in [6.07, 6.45) is 1.42. The molecule has 0 aliphatic carbocycles. The number of nitrogens with one attached hydrogen (secondary N) is 1. The molecule has 0 saturated carbocycles. The van der Waals surface area contributed by atoms with Crippen LogP contribution >= 0.6 is 0 Å². The fraction of sp³-hybridized carbons (Fsp3) is 0.267. The molecule has 4 aromatic rings. The topological polar surface area (TPSA) is 103 Å². The molecular formula is C30H32N4O5S. The predicted molar refractivity (Wildman–Crippen MR) is 155 cm³/mol.